The van der Waals surface area contributed by atoms with E-state index in [4.69, 9.17) is 11.6 Å². The van der Waals surface area contributed by atoms with E-state index in [1.54, 1.807) is 0 Å². The molecule has 0 bridgehead atoms. The van der Waals surface area contributed by atoms with Crippen LogP contribution in [0.2, 0.25) is 5.02 Å². The van der Waals surface area contributed by atoms with E-state index in [2.05, 4.69) is 47.4 Å². The van der Waals surface area contributed by atoms with Gasteiger partial charge in [-0.3, -0.25) is 4.79 Å². The zero-order valence-corrected chi connectivity index (χ0v) is 15.2. The Balaban J connectivity index is 1.57. The predicted octanol–water partition coefficient (Wildman–Crippen LogP) is 5.17. The number of carbonyl (C=O) groups is 1. The number of hydrogen-bond donors (Lipinski definition) is 0. The standard InChI is InChI=1S/C22H24ClNO/c23-20-10-8-19(9-11-20)22(13-4-5-14-22)21(25)24-15-12-18(16-24)17-6-2-1-3-7-17/h1-3,6-11,18H,4-5,12-16H2. The number of nitrogens with zero attached hydrogens (tertiary/aromatic N) is 1. The third-order valence-electron chi connectivity index (χ3n) is 6.01. The van der Waals surface area contributed by atoms with Crippen LogP contribution in [0.25, 0.3) is 0 Å². The van der Waals surface area contributed by atoms with Gasteiger partial charge in [0, 0.05) is 24.0 Å². The summed E-state index contributed by atoms with van der Waals surface area (Å²) in [6.07, 6.45) is 5.24. The molecule has 4 rings (SSSR count). The van der Waals surface area contributed by atoms with Gasteiger partial charge in [0.05, 0.1) is 5.41 Å². The SMILES string of the molecule is O=C(N1CCC(c2ccccc2)C1)C1(c2ccc(Cl)cc2)CCCC1. The predicted molar refractivity (Wildman–Crippen MR) is 102 cm³/mol. The van der Waals surface area contributed by atoms with Crippen molar-refractivity contribution in [2.24, 2.45) is 0 Å². The summed E-state index contributed by atoms with van der Waals surface area (Å²) < 4.78 is 0. The van der Waals surface area contributed by atoms with Crippen LogP contribution in [0, 0.1) is 0 Å². The summed E-state index contributed by atoms with van der Waals surface area (Å²) in [7, 11) is 0. The van der Waals surface area contributed by atoms with Crippen LogP contribution in [0.4, 0.5) is 0 Å². The Hall–Kier alpha value is -1.80. The summed E-state index contributed by atoms with van der Waals surface area (Å²) in [6, 6.07) is 18.5. The third kappa shape index (κ3) is 3.08. The molecule has 0 radical (unpaired) electrons. The molecule has 130 valence electrons. The van der Waals surface area contributed by atoms with E-state index in [1.165, 1.54) is 5.56 Å². The molecule has 0 N–H and O–H groups in total. The molecular formula is C22H24ClNO. The maximum absolute atomic E-state index is 13.5. The summed E-state index contributed by atoms with van der Waals surface area (Å²) in [6.45, 7) is 1.71. The maximum Gasteiger partial charge on any atom is 0.233 e. The first kappa shape index (κ1) is 16.7. The lowest BCUT2D eigenvalue weighted by Crippen LogP contribution is -2.44. The molecule has 2 aliphatic rings. The van der Waals surface area contributed by atoms with Crippen molar-refractivity contribution >= 4 is 17.5 Å². The number of hydrogen-bond acceptors (Lipinski definition) is 1. The average Bonchev–Trinajstić information content (AvgIpc) is 3.33. The quantitative estimate of drug-likeness (QED) is 0.745. The van der Waals surface area contributed by atoms with Crippen molar-refractivity contribution in [2.45, 2.75) is 43.4 Å². The molecule has 1 atom stereocenters. The average molecular weight is 354 g/mol. The van der Waals surface area contributed by atoms with Crippen LogP contribution in [0.5, 0.6) is 0 Å². The lowest BCUT2D eigenvalue weighted by atomic mass is 9.77. The van der Waals surface area contributed by atoms with Crippen LogP contribution in [-0.4, -0.2) is 23.9 Å². The molecule has 1 aliphatic carbocycles. The Labute approximate surface area is 154 Å². The minimum absolute atomic E-state index is 0.325. The van der Waals surface area contributed by atoms with E-state index in [-0.39, 0.29) is 5.41 Å². The van der Waals surface area contributed by atoms with Crippen molar-refractivity contribution in [2.75, 3.05) is 13.1 Å². The number of halogens is 1. The Morgan fingerprint density at radius 2 is 1.68 bits per heavy atom. The van der Waals surface area contributed by atoms with E-state index < -0.39 is 0 Å². The molecule has 25 heavy (non-hydrogen) atoms. The number of benzene rings is 2. The lowest BCUT2D eigenvalue weighted by Gasteiger charge is -2.33. The van der Waals surface area contributed by atoms with Crippen molar-refractivity contribution in [3.05, 3.63) is 70.7 Å². The second kappa shape index (κ2) is 6.84. The zero-order valence-electron chi connectivity index (χ0n) is 14.5. The van der Waals surface area contributed by atoms with Gasteiger partial charge >= 0.3 is 0 Å². The van der Waals surface area contributed by atoms with Crippen LogP contribution < -0.4 is 0 Å². The van der Waals surface area contributed by atoms with Gasteiger partial charge in [-0.05, 0) is 42.5 Å². The summed E-state index contributed by atoms with van der Waals surface area (Å²) >= 11 is 6.06. The fourth-order valence-electron chi connectivity index (χ4n) is 4.62. The summed E-state index contributed by atoms with van der Waals surface area (Å²) in [4.78, 5) is 15.6. The Morgan fingerprint density at radius 3 is 2.36 bits per heavy atom. The van der Waals surface area contributed by atoms with Gasteiger partial charge in [0.2, 0.25) is 5.91 Å². The van der Waals surface area contributed by atoms with E-state index in [1.807, 2.05) is 12.1 Å². The van der Waals surface area contributed by atoms with Crippen LogP contribution in [0.15, 0.2) is 54.6 Å². The summed E-state index contributed by atoms with van der Waals surface area (Å²) in [5.41, 5.74) is 2.16. The highest BCUT2D eigenvalue weighted by Crippen LogP contribution is 2.44. The Morgan fingerprint density at radius 1 is 1.00 bits per heavy atom. The van der Waals surface area contributed by atoms with Crippen LogP contribution in [0.3, 0.4) is 0 Å². The van der Waals surface area contributed by atoms with Crippen LogP contribution in [0.1, 0.15) is 49.1 Å². The first-order valence-electron chi connectivity index (χ1n) is 9.29. The van der Waals surface area contributed by atoms with Crippen molar-refractivity contribution in [1.29, 1.82) is 0 Å². The van der Waals surface area contributed by atoms with Gasteiger partial charge in [-0.2, -0.15) is 0 Å². The molecule has 2 fully saturated rings. The van der Waals surface area contributed by atoms with Gasteiger partial charge in [-0.1, -0.05) is 66.9 Å². The third-order valence-corrected chi connectivity index (χ3v) is 6.26. The van der Waals surface area contributed by atoms with E-state index in [0.717, 1.165) is 55.8 Å². The number of likely N-dealkylation sites (tertiary alicyclic amines) is 1. The monoisotopic (exact) mass is 353 g/mol. The van der Waals surface area contributed by atoms with Gasteiger partial charge < -0.3 is 4.90 Å². The van der Waals surface area contributed by atoms with Gasteiger partial charge in [0.1, 0.15) is 0 Å². The van der Waals surface area contributed by atoms with Crippen molar-refractivity contribution in [3.8, 4) is 0 Å². The molecule has 2 aromatic rings. The molecule has 2 aromatic carbocycles. The molecule has 1 unspecified atom stereocenters. The number of amides is 1. The van der Waals surface area contributed by atoms with Gasteiger partial charge in [-0.25, -0.2) is 0 Å². The van der Waals surface area contributed by atoms with Crippen molar-refractivity contribution in [1.82, 2.24) is 4.90 Å². The molecule has 0 aromatic heterocycles. The highest BCUT2D eigenvalue weighted by molar-refractivity contribution is 6.30. The number of rotatable bonds is 3. The first-order valence-corrected chi connectivity index (χ1v) is 9.67. The molecule has 2 nitrogen and oxygen atoms in total. The normalized spacial score (nSPS) is 22.3. The Bertz CT molecular complexity index is 734. The molecule has 1 amide bonds. The second-order valence-corrected chi connectivity index (χ2v) is 7.88. The van der Waals surface area contributed by atoms with Crippen molar-refractivity contribution in [3.63, 3.8) is 0 Å². The largest absolute Gasteiger partial charge is 0.341 e. The zero-order chi connectivity index (χ0) is 17.3. The maximum atomic E-state index is 13.5. The van der Waals surface area contributed by atoms with Gasteiger partial charge in [0.25, 0.3) is 0 Å². The minimum atomic E-state index is -0.337. The minimum Gasteiger partial charge on any atom is -0.341 e. The second-order valence-electron chi connectivity index (χ2n) is 7.44. The fraction of sp³-hybridized carbons (Fsp3) is 0.409. The first-order chi connectivity index (χ1) is 12.2. The summed E-state index contributed by atoms with van der Waals surface area (Å²) in [5, 5.41) is 0.731. The molecule has 1 saturated carbocycles. The van der Waals surface area contributed by atoms with Crippen LogP contribution in [-0.2, 0) is 10.2 Å². The van der Waals surface area contributed by atoms with Crippen LogP contribution >= 0.6 is 11.6 Å². The smallest absolute Gasteiger partial charge is 0.233 e. The Kier molecular flexibility index (Phi) is 4.56. The van der Waals surface area contributed by atoms with Gasteiger partial charge in [0.15, 0.2) is 0 Å². The molecule has 1 saturated heterocycles. The molecule has 3 heteroatoms. The fourth-order valence-corrected chi connectivity index (χ4v) is 4.74. The number of carbonyl (C=O) groups excluding carboxylic acids is 1. The molecular weight excluding hydrogens is 330 g/mol. The van der Waals surface area contributed by atoms with Gasteiger partial charge in [-0.15, -0.1) is 0 Å². The molecule has 0 spiro atoms. The van der Waals surface area contributed by atoms with E-state index in [9.17, 15) is 4.79 Å². The highest BCUT2D eigenvalue weighted by Gasteiger charge is 2.46. The molecule has 1 heterocycles. The topological polar surface area (TPSA) is 20.3 Å². The lowest BCUT2D eigenvalue weighted by molar-refractivity contribution is -0.136. The van der Waals surface area contributed by atoms with E-state index in [0.29, 0.717) is 11.8 Å². The van der Waals surface area contributed by atoms with E-state index >= 15 is 0 Å². The molecule has 1 aliphatic heterocycles. The summed E-state index contributed by atoms with van der Waals surface area (Å²) in [5.74, 6) is 0.791. The van der Waals surface area contributed by atoms with Crippen molar-refractivity contribution < 1.29 is 4.79 Å². The highest BCUT2D eigenvalue weighted by atomic mass is 35.5.